The first-order valence-electron chi connectivity index (χ1n) is 9.65. The van der Waals surface area contributed by atoms with E-state index in [9.17, 15) is 9.59 Å². The van der Waals surface area contributed by atoms with E-state index in [0.717, 1.165) is 23.1 Å². The van der Waals surface area contributed by atoms with E-state index < -0.39 is 0 Å². The van der Waals surface area contributed by atoms with Gasteiger partial charge < -0.3 is 14.6 Å². The third kappa shape index (κ3) is 3.17. The van der Waals surface area contributed by atoms with Gasteiger partial charge in [0.05, 0.1) is 17.4 Å². The summed E-state index contributed by atoms with van der Waals surface area (Å²) >= 11 is 0. The molecule has 5 heteroatoms. The second-order valence-electron chi connectivity index (χ2n) is 7.44. The van der Waals surface area contributed by atoms with Crippen molar-refractivity contribution in [3.05, 3.63) is 75.1 Å². The highest BCUT2D eigenvalue weighted by atomic mass is 16.5. The lowest BCUT2D eigenvalue weighted by Gasteiger charge is -2.28. The summed E-state index contributed by atoms with van der Waals surface area (Å²) in [5.74, 6) is 0.364. The maximum absolute atomic E-state index is 13.1. The van der Waals surface area contributed by atoms with Crippen molar-refractivity contribution < 1.29 is 9.53 Å². The molecule has 2 heterocycles. The zero-order valence-electron chi connectivity index (χ0n) is 16.4. The quantitative estimate of drug-likeness (QED) is 0.755. The Morgan fingerprint density at radius 2 is 1.93 bits per heavy atom. The Bertz CT molecular complexity index is 1110. The zero-order chi connectivity index (χ0) is 19.8. The summed E-state index contributed by atoms with van der Waals surface area (Å²) in [7, 11) is 0. The standard InChI is InChI=1S/C23H24N2O3/c1-4-17-12-25-13-18(23(27)24-11-16-8-5-14(2)6-9-16)22(26)20-15(3)7-10-19(28-17)21(20)25/h5-10,13,17H,4,11-12H2,1-3H3,(H,24,27)/t17-/m1/s1. The molecule has 1 N–H and O–H groups in total. The number of carbonyl (C=O) groups is 1. The number of hydrogen-bond acceptors (Lipinski definition) is 3. The number of nitrogens with zero attached hydrogens (tertiary/aromatic N) is 1. The van der Waals surface area contributed by atoms with Crippen LogP contribution in [0.1, 0.15) is 40.4 Å². The van der Waals surface area contributed by atoms with Crippen molar-refractivity contribution in [2.24, 2.45) is 0 Å². The average Bonchev–Trinajstić information content (AvgIpc) is 2.70. The lowest BCUT2D eigenvalue weighted by atomic mass is 10.0. The summed E-state index contributed by atoms with van der Waals surface area (Å²) in [6, 6.07) is 11.8. The molecule has 2 aromatic carbocycles. The van der Waals surface area contributed by atoms with Crippen LogP contribution < -0.4 is 15.5 Å². The van der Waals surface area contributed by atoms with Crippen molar-refractivity contribution >= 4 is 16.8 Å². The van der Waals surface area contributed by atoms with E-state index in [0.29, 0.717) is 24.2 Å². The van der Waals surface area contributed by atoms with Crippen molar-refractivity contribution in [1.82, 2.24) is 9.88 Å². The second-order valence-corrected chi connectivity index (χ2v) is 7.44. The Labute approximate surface area is 163 Å². The van der Waals surface area contributed by atoms with Crippen LogP contribution in [-0.4, -0.2) is 16.6 Å². The Balaban J connectivity index is 1.72. The zero-order valence-corrected chi connectivity index (χ0v) is 16.4. The Morgan fingerprint density at radius 1 is 1.18 bits per heavy atom. The summed E-state index contributed by atoms with van der Waals surface area (Å²) in [6.45, 7) is 7.00. The first kappa shape index (κ1) is 18.3. The molecule has 0 saturated carbocycles. The van der Waals surface area contributed by atoms with E-state index in [1.807, 2.05) is 54.8 Å². The third-order valence-electron chi connectivity index (χ3n) is 5.36. The molecule has 0 spiro atoms. The number of nitrogens with one attached hydrogen (secondary N) is 1. The van der Waals surface area contributed by atoms with Gasteiger partial charge in [-0.3, -0.25) is 9.59 Å². The van der Waals surface area contributed by atoms with Gasteiger partial charge in [0.1, 0.15) is 17.4 Å². The highest BCUT2D eigenvalue weighted by Crippen LogP contribution is 2.32. The molecule has 5 nitrogen and oxygen atoms in total. The summed E-state index contributed by atoms with van der Waals surface area (Å²) in [5, 5.41) is 3.45. The number of hydrogen-bond donors (Lipinski definition) is 1. The van der Waals surface area contributed by atoms with E-state index in [1.165, 1.54) is 5.56 Å². The van der Waals surface area contributed by atoms with Gasteiger partial charge in [0.2, 0.25) is 5.43 Å². The molecule has 0 unspecified atom stereocenters. The van der Waals surface area contributed by atoms with Gasteiger partial charge in [0, 0.05) is 12.7 Å². The van der Waals surface area contributed by atoms with Gasteiger partial charge in [-0.2, -0.15) is 0 Å². The number of carbonyl (C=O) groups excluding carboxylic acids is 1. The van der Waals surface area contributed by atoms with E-state index in [2.05, 4.69) is 12.2 Å². The van der Waals surface area contributed by atoms with Gasteiger partial charge in [-0.15, -0.1) is 0 Å². The van der Waals surface area contributed by atoms with E-state index in [4.69, 9.17) is 4.74 Å². The predicted molar refractivity (Wildman–Crippen MR) is 110 cm³/mol. The predicted octanol–water partition coefficient (Wildman–Crippen LogP) is 3.72. The SMILES string of the molecule is CC[C@@H]1Cn2cc(C(=O)NCc3ccc(C)cc3)c(=O)c3c(C)ccc(c32)O1. The van der Waals surface area contributed by atoms with Crippen molar-refractivity contribution in [2.75, 3.05) is 0 Å². The van der Waals surface area contributed by atoms with Crippen LogP contribution in [0, 0.1) is 13.8 Å². The van der Waals surface area contributed by atoms with Crippen LogP contribution in [0.2, 0.25) is 0 Å². The van der Waals surface area contributed by atoms with Gasteiger partial charge in [-0.1, -0.05) is 42.8 Å². The largest absolute Gasteiger partial charge is 0.486 e. The first-order chi connectivity index (χ1) is 13.5. The van der Waals surface area contributed by atoms with Crippen molar-refractivity contribution in [3.63, 3.8) is 0 Å². The molecular weight excluding hydrogens is 352 g/mol. The van der Waals surface area contributed by atoms with E-state index >= 15 is 0 Å². The summed E-state index contributed by atoms with van der Waals surface area (Å²) in [4.78, 5) is 25.9. The molecule has 0 saturated heterocycles. The van der Waals surface area contributed by atoms with Gasteiger partial charge in [0.25, 0.3) is 5.91 Å². The molecule has 144 valence electrons. The normalized spacial score (nSPS) is 15.3. The number of pyridine rings is 1. The molecule has 1 aliphatic rings. The van der Waals surface area contributed by atoms with Crippen LogP contribution in [0.15, 0.2) is 47.4 Å². The summed E-state index contributed by atoms with van der Waals surface area (Å²) in [6.07, 6.45) is 2.57. The fourth-order valence-corrected chi connectivity index (χ4v) is 3.69. The Morgan fingerprint density at radius 3 is 2.64 bits per heavy atom. The lowest BCUT2D eigenvalue weighted by Crippen LogP contribution is -2.33. The van der Waals surface area contributed by atoms with Gasteiger partial charge >= 0.3 is 0 Å². The Kier molecular flexibility index (Phi) is 4.67. The molecule has 1 aromatic heterocycles. The van der Waals surface area contributed by atoms with Gasteiger partial charge in [-0.25, -0.2) is 0 Å². The topological polar surface area (TPSA) is 60.3 Å². The van der Waals surface area contributed by atoms with Crippen LogP contribution >= 0.6 is 0 Å². The average molecular weight is 376 g/mol. The Hall–Kier alpha value is -3.08. The summed E-state index contributed by atoms with van der Waals surface area (Å²) < 4.78 is 8.02. The van der Waals surface area contributed by atoms with Crippen molar-refractivity contribution in [3.8, 4) is 5.75 Å². The maximum Gasteiger partial charge on any atom is 0.257 e. The van der Waals surface area contributed by atoms with Gasteiger partial charge in [0.15, 0.2) is 0 Å². The second kappa shape index (κ2) is 7.15. The molecule has 0 bridgehead atoms. The number of aromatic nitrogens is 1. The minimum atomic E-state index is -0.347. The molecule has 1 atom stereocenters. The molecule has 3 aromatic rings. The molecule has 1 aliphatic heterocycles. The molecule has 28 heavy (non-hydrogen) atoms. The van der Waals surface area contributed by atoms with Crippen LogP contribution in [0.3, 0.4) is 0 Å². The monoisotopic (exact) mass is 376 g/mol. The maximum atomic E-state index is 13.1. The van der Waals surface area contributed by atoms with E-state index in [1.54, 1.807) is 6.20 Å². The number of benzene rings is 2. The first-order valence-corrected chi connectivity index (χ1v) is 9.65. The van der Waals surface area contributed by atoms with E-state index in [-0.39, 0.29) is 23.0 Å². The minimum Gasteiger partial charge on any atom is -0.486 e. The summed E-state index contributed by atoms with van der Waals surface area (Å²) in [5.41, 5.74) is 3.73. The van der Waals surface area contributed by atoms with Crippen LogP contribution in [0.4, 0.5) is 0 Å². The van der Waals surface area contributed by atoms with Crippen molar-refractivity contribution in [1.29, 1.82) is 0 Å². The number of aryl methyl sites for hydroxylation is 2. The smallest absolute Gasteiger partial charge is 0.257 e. The van der Waals surface area contributed by atoms with Crippen LogP contribution in [0.25, 0.3) is 10.9 Å². The fourth-order valence-electron chi connectivity index (χ4n) is 3.69. The molecule has 1 amide bonds. The highest BCUT2D eigenvalue weighted by molar-refractivity contribution is 5.99. The fraction of sp³-hybridized carbons (Fsp3) is 0.304. The molecule has 0 radical (unpaired) electrons. The number of ether oxygens (including phenoxy) is 1. The van der Waals surface area contributed by atoms with Gasteiger partial charge in [-0.05, 0) is 37.5 Å². The molecule has 4 rings (SSSR count). The molecular formula is C23H24N2O3. The number of rotatable bonds is 4. The lowest BCUT2D eigenvalue weighted by molar-refractivity contribution is 0.0948. The molecule has 0 fully saturated rings. The minimum absolute atomic E-state index is 0.0318. The van der Waals surface area contributed by atoms with Crippen LogP contribution in [0.5, 0.6) is 5.75 Å². The molecule has 0 aliphatic carbocycles. The van der Waals surface area contributed by atoms with Crippen LogP contribution in [-0.2, 0) is 13.1 Å². The van der Waals surface area contributed by atoms with Crippen molar-refractivity contribution in [2.45, 2.75) is 46.4 Å². The third-order valence-corrected chi connectivity index (χ3v) is 5.36. The number of amides is 1. The highest BCUT2D eigenvalue weighted by Gasteiger charge is 2.25.